The van der Waals surface area contributed by atoms with Crippen molar-refractivity contribution in [1.29, 1.82) is 0 Å². The summed E-state index contributed by atoms with van der Waals surface area (Å²) in [6.07, 6.45) is 2.83. The molecule has 0 radical (unpaired) electrons. The van der Waals surface area contributed by atoms with Gasteiger partial charge in [-0.05, 0) is 38.1 Å². The van der Waals surface area contributed by atoms with Crippen molar-refractivity contribution in [3.05, 3.63) is 71.4 Å². The Morgan fingerprint density at radius 1 is 1.21 bits per heavy atom. The zero-order chi connectivity index (χ0) is 19.7. The first kappa shape index (κ1) is 18.8. The van der Waals surface area contributed by atoms with Crippen LogP contribution >= 0.6 is 0 Å². The summed E-state index contributed by atoms with van der Waals surface area (Å²) in [5, 5.41) is 4.68. The maximum atomic E-state index is 14.3. The molecule has 1 aromatic heterocycles. The number of benzene rings is 2. The fraction of sp³-hybridized carbons (Fsp3) is 0.318. The molecule has 3 aromatic rings. The molecular formula is C22H23F2N3O. The summed E-state index contributed by atoms with van der Waals surface area (Å²) < 4.78 is 34.7. The Balaban J connectivity index is 1.76. The molecular weight excluding hydrogens is 360 g/mol. The van der Waals surface area contributed by atoms with Gasteiger partial charge in [-0.15, -0.1) is 0 Å². The molecule has 28 heavy (non-hydrogen) atoms. The molecule has 146 valence electrons. The number of likely N-dealkylation sites (N-methyl/N-ethyl adjacent to an activating group) is 1. The van der Waals surface area contributed by atoms with Gasteiger partial charge in [-0.2, -0.15) is 5.10 Å². The fourth-order valence-electron chi connectivity index (χ4n) is 3.65. The van der Waals surface area contributed by atoms with Gasteiger partial charge in [-0.1, -0.05) is 24.3 Å². The number of hydrogen-bond donors (Lipinski definition) is 0. The zero-order valence-corrected chi connectivity index (χ0v) is 16.0. The van der Waals surface area contributed by atoms with E-state index in [1.54, 1.807) is 0 Å². The molecule has 1 aliphatic rings. The Labute approximate surface area is 163 Å². The summed E-state index contributed by atoms with van der Waals surface area (Å²) in [4.78, 5) is 2.25. The van der Waals surface area contributed by atoms with Crippen molar-refractivity contribution >= 4 is 0 Å². The Hall–Kier alpha value is -2.57. The number of aromatic nitrogens is 2. The largest absolute Gasteiger partial charge is 0.380 e. The molecule has 1 aliphatic heterocycles. The van der Waals surface area contributed by atoms with Gasteiger partial charge < -0.3 is 4.74 Å². The van der Waals surface area contributed by atoms with Crippen LogP contribution < -0.4 is 0 Å². The molecule has 0 saturated carbocycles. The van der Waals surface area contributed by atoms with Crippen LogP contribution in [-0.4, -0.2) is 41.0 Å². The Morgan fingerprint density at radius 2 is 2.04 bits per heavy atom. The lowest BCUT2D eigenvalue weighted by Gasteiger charge is -2.22. The van der Waals surface area contributed by atoms with Crippen molar-refractivity contribution in [2.24, 2.45) is 0 Å². The van der Waals surface area contributed by atoms with E-state index in [0.717, 1.165) is 48.1 Å². The van der Waals surface area contributed by atoms with Crippen molar-refractivity contribution in [2.75, 3.05) is 20.3 Å². The normalized spacial score (nSPS) is 16.8. The van der Waals surface area contributed by atoms with Crippen molar-refractivity contribution < 1.29 is 13.5 Å². The van der Waals surface area contributed by atoms with E-state index in [1.165, 1.54) is 16.8 Å². The van der Waals surface area contributed by atoms with Crippen molar-refractivity contribution in [3.63, 3.8) is 0 Å². The smallest absolute Gasteiger partial charge is 0.151 e. The minimum Gasteiger partial charge on any atom is -0.380 e. The summed E-state index contributed by atoms with van der Waals surface area (Å²) in [6.45, 7) is 4.20. The molecule has 1 fully saturated rings. The van der Waals surface area contributed by atoms with Crippen LogP contribution in [0.1, 0.15) is 17.5 Å². The van der Waals surface area contributed by atoms with Crippen LogP contribution in [0.15, 0.2) is 48.7 Å². The molecule has 1 saturated heterocycles. The highest BCUT2D eigenvalue weighted by Crippen LogP contribution is 2.29. The van der Waals surface area contributed by atoms with Crippen LogP contribution in [0.3, 0.4) is 0 Å². The van der Waals surface area contributed by atoms with E-state index in [-0.39, 0.29) is 5.69 Å². The van der Waals surface area contributed by atoms with Crippen molar-refractivity contribution in [1.82, 2.24) is 14.7 Å². The second-order valence-electron chi connectivity index (χ2n) is 7.29. The second kappa shape index (κ2) is 7.81. The third-order valence-electron chi connectivity index (χ3n) is 5.30. The van der Waals surface area contributed by atoms with Crippen LogP contribution in [0.2, 0.25) is 0 Å². The van der Waals surface area contributed by atoms with Gasteiger partial charge in [-0.3, -0.25) is 4.90 Å². The summed E-state index contributed by atoms with van der Waals surface area (Å²) in [7, 11) is 2.07. The summed E-state index contributed by atoms with van der Waals surface area (Å²) in [6, 6.07) is 11.9. The average Bonchev–Trinajstić information content (AvgIpc) is 3.32. The number of nitrogens with zero attached hydrogens (tertiary/aromatic N) is 3. The van der Waals surface area contributed by atoms with E-state index < -0.39 is 11.6 Å². The fourth-order valence-corrected chi connectivity index (χ4v) is 3.65. The van der Waals surface area contributed by atoms with Gasteiger partial charge in [0.25, 0.3) is 0 Å². The first-order valence-electron chi connectivity index (χ1n) is 9.41. The van der Waals surface area contributed by atoms with E-state index in [1.807, 2.05) is 37.4 Å². The molecule has 0 aliphatic carbocycles. The Morgan fingerprint density at radius 3 is 2.75 bits per heavy atom. The molecule has 4 nitrogen and oxygen atoms in total. The minimum absolute atomic E-state index is 0.231. The predicted molar refractivity (Wildman–Crippen MR) is 104 cm³/mol. The third-order valence-corrected chi connectivity index (χ3v) is 5.30. The lowest BCUT2D eigenvalue weighted by molar-refractivity contribution is 0.156. The van der Waals surface area contributed by atoms with Crippen molar-refractivity contribution in [2.45, 2.75) is 25.9 Å². The molecule has 0 spiro atoms. The lowest BCUT2D eigenvalue weighted by atomic mass is 10.0. The van der Waals surface area contributed by atoms with Crippen LogP contribution in [0.25, 0.3) is 16.9 Å². The van der Waals surface area contributed by atoms with Crippen LogP contribution in [-0.2, 0) is 11.3 Å². The molecule has 4 rings (SSSR count). The van der Waals surface area contributed by atoms with Crippen LogP contribution in [0.4, 0.5) is 8.78 Å². The van der Waals surface area contributed by atoms with E-state index in [0.29, 0.717) is 12.6 Å². The number of hydrogen-bond acceptors (Lipinski definition) is 3. The van der Waals surface area contributed by atoms with Gasteiger partial charge in [0.05, 0.1) is 12.3 Å². The molecule has 0 bridgehead atoms. The second-order valence-corrected chi connectivity index (χ2v) is 7.29. The maximum Gasteiger partial charge on any atom is 0.151 e. The first-order chi connectivity index (χ1) is 13.5. The maximum absolute atomic E-state index is 14.3. The first-order valence-corrected chi connectivity index (χ1v) is 9.41. The molecule has 0 N–H and O–H groups in total. The van der Waals surface area contributed by atoms with Crippen LogP contribution in [0.5, 0.6) is 0 Å². The zero-order valence-electron chi connectivity index (χ0n) is 16.0. The molecule has 2 heterocycles. The SMILES string of the molecule is Cc1ccccc1-c1nn(-c2ccc(F)cc2F)cc1CN(C)[C@@H]1CCOC1. The summed E-state index contributed by atoms with van der Waals surface area (Å²) >= 11 is 0. The lowest BCUT2D eigenvalue weighted by Crippen LogP contribution is -2.31. The molecule has 0 amide bonds. The van der Waals surface area contributed by atoms with Crippen LogP contribution in [0, 0.1) is 18.6 Å². The van der Waals surface area contributed by atoms with Gasteiger partial charge in [0, 0.05) is 42.6 Å². The molecule has 0 unspecified atom stereocenters. The predicted octanol–water partition coefficient (Wildman–Crippen LogP) is 4.35. The van der Waals surface area contributed by atoms with Gasteiger partial charge >= 0.3 is 0 Å². The highest BCUT2D eigenvalue weighted by Gasteiger charge is 2.23. The quantitative estimate of drug-likeness (QED) is 0.656. The van der Waals surface area contributed by atoms with Gasteiger partial charge in [-0.25, -0.2) is 13.5 Å². The summed E-state index contributed by atoms with van der Waals surface area (Å²) in [5.74, 6) is -1.24. The average molecular weight is 383 g/mol. The number of halogens is 2. The van der Waals surface area contributed by atoms with Gasteiger partial charge in [0.1, 0.15) is 11.5 Å². The van der Waals surface area contributed by atoms with E-state index in [9.17, 15) is 8.78 Å². The molecule has 2 aromatic carbocycles. The third kappa shape index (κ3) is 3.70. The van der Waals surface area contributed by atoms with Crippen molar-refractivity contribution in [3.8, 4) is 16.9 Å². The Bertz CT molecular complexity index is 980. The number of ether oxygens (including phenoxy) is 1. The Kier molecular flexibility index (Phi) is 5.24. The highest BCUT2D eigenvalue weighted by molar-refractivity contribution is 5.66. The monoisotopic (exact) mass is 383 g/mol. The van der Waals surface area contributed by atoms with Gasteiger partial charge in [0.15, 0.2) is 5.82 Å². The molecule has 1 atom stereocenters. The van der Waals surface area contributed by atoms with E-state index in [4.69, 9.17) is 4.74 Å². The summed E-state index contributed by atoms with van der Waals surface area (Å²) in [5.41, 5.74) is 4.14. The van der Waals surface area contributed by atoms with E-state index in [2.05, 4.69) is 17.0 Å². The highest BCUT2D eigenvalue weighted by atomic mass is 19.1. The molecule has 6 heteroatoms. The van der Waals surface area contributed by atoms with E-state index >= 15 is 0 Å². The topological polar surface area (TPSA) is 30.3 Å². The number of aryl methyl sites for hydroxylation is 1. The number of rotatable bonds is 5. The minimum atomic E-state index is -0.636. The van der Waals surface area contributed by atoms with Gasteiger partial charge in [0.2, 0.25) is 0 Å². The standard InChI is InChI=1S/C22H23F2N3O/c1-15-5-3-4-6-19(15)22-16(12-26(2)18-9-10-28-14-18)13-27(25-22)21-8-7-17(23)11-20(21)24/h3-8,11,13,18H,9-10,12,14H2,1-2H3/t18-/m1/s1.